The lowest BCUT2D eigenvalue weighted by Gasteiger charge is -2.36. The second-order valence-electron chi connectivity index (χ2n) is 6.89. The number of benzene rings is 1. The molecule has 2 heterocycles. The fourth-order valence-corrected chi connectivity index (χ4v) is 3.74. The Balaban J connectivity index is 1.69. The molecule has 0 aliphatic carbocycles. The molecule has 1 aliphatic rings. The number of carbonyl (C=O) groups is 2. The van der Waals surface area contributed by atoms with Crippen LogP contribution >= 0.6 is 0 Å². The third-order valence-electron chi connectivity index (χ3n) is 5.17. The minimum atomic E-state index is -0.303. The Bertz CT molecular complexity index is 790. The van der Waals surface area contributed by atoms with Crippen molar-refractivity contribution in [2.75, 3.05) is 19.7 Å². The van der Waals surface area contributed by atoms with Crippen LogP contribution in [0.4, 0.5) is 4.39 Å². The second kappa shape index (κ2) is 9.39. The lowest BCUT2D eigenvalue weighted by atomic mass is 9.78. The third kappa shape index (κ3) is 4.91. The molecule has 148 valence electrons. The van der Waals surface area contributed by atoms with Crippen LogP contribution in [0.15, 0.2) is 42.9 Å². The molecule has 1 aliphatic heterocycles. The molecule has 6 nitrogen and oxygen atoms in total. The normalized spacial score (nSPS) is 15.9. The summed E-state index contributed by atoms with van der Waals surface area (Å²) in [5.74, 6) is -0.539. The third-order valence-corrected chi connectivity index (χ3v) is 5.17. The van der Waals surface area contributed by atoms with Crippen LogP contribution in [0.2, 0.25) is 0 Å². The zero-order valence-corrected chi connectivity index (χ0v) is 15.9. The lowest BCUT2D eigenvalue weighted by Crippen LogP contribution is -2.40. The van der Waals surface area contributed by atoms with E-state index < -0.39 is 0 Å². The molecule has 3 rings (SSSR count). The first-order valence-electron chi connectivity index (χ1n) is 9.55. The van der Waals surface area contributed by atoms with Gasteiger partial charge in [0.25, 0.3) is 5.91 Å². The van der Waals surface area contributed by atoms with Crippen molar-refractivity contribution in [1.29, 1.82) is 0 Å². The van der Waals surface area contributed by atoms with Crippen molar-refractivity contribution in [3.8, 4) is 0 Å². The van der Waals surface area contributed by atoms with Crippen molar-refractivity contribution in [3.05, 3.63) is 59.9 Å². The minimum Gasteiger partial charge on any atom is -0.466 e. The van der Waals surface area contributed by atoms with Crippen LogP contribution in [-0.2, 0) is 9.53 Å². The summed E-state index contributed by atoms with van der Waals surface area (Å²) in [6.45, 7) is 3.28. The predicted octanol–water partition coefficient (Wildman–Crippen LogP) is 3.20. The van der Waals surface area contributed by atoms with Crippen LogP contribution in [0.1, 0.15) is 48.2 Å². The Morgan fingerprint density at radius 3 is 2.54 bits per heavy atom. The fourth-order valence-electron chi connectivity index (χ4n) is 3.74. The number of esters is 1. The van der Waals surface area contributed by atoms with Crippen LogP contribution in [0.25, 0.3) is 0 Å². The number of rotatable bonds is 6. The zero-order valence-electron chi connectivity index (χ0n) is 15.9. The molecule has 0 unspecified atom stereocenters. The van der Waals surface area contributed by atoms with E-state index in [0.29, 0.717) is 25.4 Å². The monoisotopic (exact) mass is 385 g/mol. The van der Waals surface area contributed by atoms with E-state index in [1.54, 1.807) is 24.0 Å². The number of nitrogens with zero attached hydrogens (tertiary/aromatic N) is 3. The number of hydrogen-bond acceptors (Lipinski definition) is 5. The Hall–Kier alpha value is -2.83. The molecule has 7 heteroatoms. The van der Waals surface area contributed by atoms with E-state index in [0.717, 1.165) is 18.4 Å². The van der Waals surface area contributed by atoms with E-state index >= 15 is 0 Å². The summed E-state index contributed by atoms with van der Waals surface area (Å²) in [6.07, 6.45) is 6.27. The van der Waals surface area contributed by atoms with Gasteiger partial charge in [-0.15, -0.1) is 0 Å². The second-order valence-corrected chi connectivity index (χ2v) is 6.89. The van der Waals surface area contributed by atoms with Gasteiger partial charge >= 0.3 is 5.97 Å². The van der Waals surface area contributed by atoms with E-state index in [4.69, 9.17) is 4.74 Å². The van der Waals surface area contributed by atoms with Crippen LogP contribution < -0.4 is 0 Å². The minimum absolute atomic E-state index is 0.0616. The van der Waals surface area contributed by atoms with E-state index in [-0.39, 0.29) is 36.0 Å². The molecule has 0 saturated carbocycles. The zero-order chi connectivity index (χ0) is 19.9. The summed E-state index contributed by atoms with van der Waals surface area (Å²) in [6, 6.07) is 6.30. The van der Waals surface area contributed by atoms with Crippen LogP contribution in [0.3, 0.4) is 0 Å². The number of amides is 1. The molecule has 0 radical (unpaired) electrons. The quantitative estimate of drug-likeness (QED) is 0.714. The number of halogens is 1. The smallest absolute Gasteiger partial charge is 0.306 e. The summed E-state index contributed by atoms with van der Waals surface area (Å²) >= 11 is 0. The molecule has 2 aromatic rings. The SMILES string of the molecule is CCOC(=O)C[C@H](c1ccc(F)cc1)C1CCN(C(=O)c2cnccn2)CC1. The van der Waals surface area contributed by atoms with Gasteiger partial charge in [0.2, 0.25) is 0 Å². The van der Waals surface area contributed by atoms with E-state index in [9.17, 15) is 14.0 Å². The number of ether oxygens (including phenoxy) is 1. The fraction of sp³-hybridized carbons (Fsp3) is 0.429. The molecule has 0 bridgehead atoms. The van der Waals surface area contributed by atoms with Crippen LogP contribution in [0, 0.1) is 11.7 Å². The van der Waals surface area contributed by atoms with Gasteiger partial charge in [-0.1, -0.05) is 12.1 Å². The molecular formula is C21H24FN3O3. The highest BCUT2D eigenvalue weighted by Gasteiger charge is 2.31. The standard InChI is InChI=1S/C21H24FN3O3/c1-2-28-20(26)13-18(15-3-5-17(22)6-4-15)16-7-11-25(12-8-16)21(27)19-14-23-9-10-24-19/h3-6,9-10,14,16,18H,2,7-8,11-13H2,1H3/t18-/m1/s1. The Kier molecular flexibility index (Phi) is 6.68. The first kappa shape index (κ1) is 19.9. The maximum absolute atomic E-state index is 13.3. The lowest BCUT2D eigenvalue weighted by molar-refractivity contribution is -0.144. The summed E-state index contributed by atoms with van der Waals surface area (Å²) in [5, 5.41) is 0. The van der Waals surface area contributed by atoms with E-state index in [1.807, 2.05) is 0 Å². The van der Waals surface area contributed by atoms with Gasteiger partial charge in [-0.25, -0.2) is 9.37 Å². The number of likely N-dealkylation sites (tertiary alicyclic amines) is 1. The molecule has 1 fully saturated rings. The molecule has 1 aromatic heterocycles. The highest BCUT2D eigenvalue weighted by atomic mass is 19.1. The Morgan fingerprint density at radius 1 is 1.21 bits per heavy atom. The summed E-state index contributed by atoms with van der Waals surface area (Å²) < 4.78 is 18.5. The molecule has 1 amide bonds. The Morgan fingerprint density at radius 2 is 1.93 bits per heavy atom. The topological polar surface area (TPSA) is 72.4 Å². The van der Waals surface area contributed by atoms with Crippen molar-refractivity contribution >= 4 is 11.9 Å². The first-order valence-corrected chi connectivity index (χ1v) is 9.55. The van der Waals surface area contributed by atoms with E-state index in [1.165, 1.54) is 30.7 Å². The highest BCUT2D eigenvalue weighted by Crippen LogP contribution is 2.36. The largest absolute Gasteiger partial charge is 0.466 e. The van der Waals surface area contributed by atoms with Crippen molar-refractivity contribution < 1.29 is 18.7 Å². The van der Waals surface area contributed by atoms with Crippen molar-refractivity contribution in [2.24, 2.45) is 5.92 Å². The predicted molar refractivity (Wildman–Crippen MR) is 101 cm³/mol. The molecule has 1 saturated heterocycles. The molecular weight excluding hydrogens is 361 g/mol. The number of carbonyl (C=O) groups excluding carboxylic acids is 2. The van der Waals surface area contributed by atoms with Gasteiger partial charge in [-0.05, 0) is 49.3 Å². The van der Waals surface area contributed by atoms with Gasteiger partial charge in [-0.3, -0.25) is 14.6 Å². The van der Waals surface area contributed by atoms with E-state index in [2.05, 4.69) is 9.97 Å². The molecule has 1 atom stereocenters. The van der Waals surface area contributed by atoms with Crippen molar-refractivity contribution in [2.45, 2.75) is 32.1 Å². The maximum atomic E-state index is 13.3. The Labute approximate surface area is 163 Å². The molecule has 0 N–H and O–H groups in total. The molecule has 1 aromatic carbocycles. The average molecular weight is 385 g/mol. The van der Waals surface area contributed by atoms with Crippen molar-refractivity contribution in [1.82, 2.24) is 14.9 Å². The van der Waals surface area contributed by atoms with Gasteiger partial charge in [0.05, 0.1) is 19.2 Å². The van der Waals surface area contributed by atoms with Crippen LogP contribution in [0.5, 0.6) is 0 Å². The average Bonchev–Trinajstić information content (AvgIpc) is 2.73. The number of hydrogen-bond donors (Lipinski definition) is 0. The summed E-state index contributed by atoms with van der Waals surface area (Å²) in [7, 11) is 0. The first-order chi connectivity index (χ1) is 13.6. The van der Waals surface area contributed by atoms with Gasteiger partial charge in [0, 0.05) is 25.5 Å². The highest BCUT2D eigenvalue weighted by molar-refractivity contribution is 5.92. The van der Waals surface area contributed by atoms with Crippen molar-refractivity contribution in [3.63, 3.8) is 0 Å². The molecule has 0 spiro atoms. The summed E-state index contributed by atoms with van der Waals surface area (Å²) in [4.78, 5) is 34.5. The van der Waals surface area contributed by atoms with Gasteiger partial charge < -0.3 is 9.64 Å². The molecule has 28 heavy (non-hydrogen) atoms. The van der Waals surface area contributed by atoms with Gasteiger partial charge in [-0.2, -0.15) is 0 Å². The van der Waals surface area contributed by atoms with Crippen LogP contribution in [-0.4, -0.2) is 46.4 Å². The number of aromatic nitrogens is 2. The number of piperidine rings is 1. The van der Waals surface area contributed by atoms with Gasteiger partial charge in [0.1, 0.15) is 11.5 Å². The summed E-state index contributed by atoms with van der Waals surface area (Å²) in [5.41, 5.74) is 1.26. The maximum Gasteiger partial charge on any atom is 0.306 e. The van der Waals surface area contributed by atoms with Gasteiger partial charge in [0.15, 0.2) is 0 Å².